The van der Waals surface area contributed by atoms with E-state index in [0.717, 1.165) is 43.4 Å². The van der Waals surface area contributed by atoms with Crippen LogP contribution in [0.25, 0.3) is 10.9 Å². The highest BCUT2D eigenvalue weighted by atomic mass is 16.2. The summed E-state index contributed by atoms with van der Waals surface area (Å²) in [6, 6.07) is 8.09. The number of hydrogen-bond donors (Lipinski definition) is 1. The highest BCUT2D eigenvalue weighted by Crippen LogP contribution is 2.25. The van der Waals surface area contributed by atoms with Gasteiger partial charge in [-0.2, -0.15) is 0 Å². The Morgan fingerprint density at radius 2 is 1.88 bits per heavy atom. The van der Waals surface area contributed by atoms with E-state index in [4.69, 9.17) is 0 Å². The second kappa shape index (κ2) is 7.40. The lowest BCUT2D eigenvalue weighted by molar-refractivity contribution is -0.117. The molecule has 5 nitrogen and oxygen atoms in total. The van der Waals surface area contributed by atoms with Crippen LogP contribution in [0.4, 0.5) is 0 Å². The van der Waals surface area contributed by atoms with Gasteiger partial charge < -0.3 is 14.8 Å². The normalized spacial score (nSPS) is 16.5. The summed E-state index contributed by atoms with van der Waals surface area (Å²) in [6.45, 7) is 9.27. The Bertz CT molecular complexity index is 770. The second-order valence-corrected chi connectivity index (χ2v) is 7.07. The van der Waals surface area contributed by atoms with Crippen molar-refractivity contribution in [3.63, 3.8) is 0 Å². The molecule has 3 rings (SSSR count). The molecule has 0 unspecified atom stereocenters. The number of aromatic nitrogens is 1. The number of para-hydroxylation sites is 1. The van der Waals surface area contributed by atoms with E-state index in [0.29, 0.717) is 5.56 Å². The maximum Gasteiger partial charge on any atom is 0.292 e. The third kappa shape index (κ3) is 3.61. The zero-order chi connectivity index (χ0) is 18.0. The number of amides is 1. The van der Waals surface area contributed by atoms with Crippen LogP contribution in [0.1, 0.15) is 50.0 Å². The standard InChI is InChI=1S/C20H27N3O2/c1-4-22-11-9-15(10-12-22)21-20(25)19(24)17-13-23(14(2)3)18-8-6-5-7-16(17)18/h5-8,13-15H,4,9-12H2,1-3H3,(H,21,25). The number of rotatable bonds is 5. The minimum atomic E-state index is -0.485. The van der Waals surface area contributed by atoms with E-state index in [9.17, 15) is 9.59 Å². The summed E-state index contributed by atoms with van der Waals surface area (Å²) in [6.07, 6.45) is 3.62. The second-order valence-electron chi connectivity index (χ2n) is 7.07. The van der Waals surface area contributed by atoms with Crippen LogP contribution >= 0.6 is 0 Å². The van der Waals surface area contributed by atoms with Crippen molar-refractivity contribution in [2.75, 3.05) is 19.6 Å². The van der Waals surface area contributed by atoms with E-state index in [1.54, 1.807) is 0 Å². The molecule has 0 saturated carbocycles. The van der Waals surface area contributed by atoms with Crippen molar-refractivity contribution in [1.29, 1.82) is 0 Å². The zero-order valence-electron chi connectivity index (χ0n) is 15.3. The zero-order valence-corrected chi connectivity index (χ0v) is 15.3. The molecule has 0 aliphatic carbocycles. The monoisotopic (exact) mass is 341 g/mol. The Labute approximate surface area is 149 Å². The molecule has 1 N–H and O–H groups in total. The fraction of sp³-hybridized carbons (Fsp3) is 0.500. The molecular weight excluding hydrogens is 314 g/mol. The van der Waals surface area contributed by atoms with Gasteiger partial charge in [-0.3, -0.25) is 9.59 Å². The Morgan fingerprint density at radius 3 is 2.52 bits per heavy atom. The maximum absolute atomic E-state index is 12.8. The lowest BCUT2D eigenvalue weighted by Gasteiger charge is -2.31. The maximum atomic E-state index is 12.8. The number of hydrogen-bond acceptors (Lipinski definition) is 3. The van der Waals surface area contributed by atoms with E-state index in [2.05, 4.69) is 35.6 Å². The fourth-order valence-corrected chi connectivity index (χ4v) is 3.58. The van der Waals surface area contributed by atoms with Crippen molar-refractivity contribution >= 4 is 22.6 Å². The molecule has 0 bridgehead atoms. The van der Waals surface area contributed by atoms with Crippen LogP contribution in [0.5, 0.6) is 0 Å². The molecule has 5 heteroatoms. The summed E-state index contributed by atoms with van der Waals surface area (Å²) < 4.78 is 2.05. The molecular formula is C20H27N3O2. The van der Waals surface area contributed by atoms with Gasteiger partial charge in [0.2, 0.25) is 0 Å². The van der Waals surface area contributed by atoms with Crippen LogP contribution in [0.15, 0.2) is 30.5 Å². The van der Waals surface area contributed by atoms with Gasteiger partial charge in [0.05, 0.1) is 5.56 Å². The average Bonchev–Trinajstić information content (AvgIpc) is 3.01. The summed E-state index contributed by atoms with van der Waals surface area (Å²) in [4.78, 5) is 27.6. The van der Waals surface area contributed by atoms with Crippen molar-refractivity contribution in [3.8, 4) is 0 Å². The lowest BCUT2D eigenvalue weighted by atomic mass is 10.0. The van der Waals surface area contributed by atoms with E-state index < -0.39 is 11.7 Å². The van der Waals surface area contributed by atoms with Gasteiger partial charge in [0.25, 0.3) is 11.7 Å². The number of benzene rings is 1. The van der Waals surface area contributed by atoms with Crippen LogP contribution < -0.4 is 5.32 Å². The largest absolute Gasteiger partial charge is 0.346 e. The smallest absolute Gasteiger partial charge is 0.292 e. The van der Waals surface area contributed by atoms with Gasteiger partial charge in [-0.25, -0.2) is 0 Å². The van der Waals surface area contributed by atoms with E-state index in [1.807, 2.05) is 30.5 Å². The Kier molecular flexibility index (Phi) is 5.23. The summed E-state index contributed by atoms with van der Waals surface area (Å²) in [5.41, 5.74) is 1.48. The average molecular weight is 341 g/mol. The van der Waals surface area contributed by atoms with Crippen LogP contribution in [-0.2, 0) is 4.79 Å². The van der Waals surface area contributed by atoms with Crippen molar-refractivity contribution in [2.24, 2.45) is 0 Å². The van der Waals surface area contributed by atoms with Gasteiger partial charge in [-0.15, -0.1) is 0 Å². The first kappa shape index (κ1) is 17.7. The van der Waals surface area contributed by atoms with Crippen LogP contribution in [0, 0.1) is 0 Å². The van der Waals surface area contributed by atoms with Gasteiger partial charge in [-0.05, 0) is 39.3 Å². The number of likely N-dealkylation sites (tertiary alicyclic amines) is 1. The number of Topliss-reactive ketones (excluding diaryl/α,β-unsaturated/α-hetero) is 1. The van der Waals surface area contributed by atoms with Crippen LogP contribution in [0.3, 0.4) is 0 Å². The molecule has 2 heterocycles. The number of nitrogens with zero attached hydrogens (tertiary/aromatic N) is 2. The first-order valence-electron chi connectivity index (χ1n) is 9.18. The summed E-state index contributed by atoms with van der Waals surface area (Å²) in [5, 5.41) is 3.79. The van der Waals surface area contributed by atoms with E-state index in [-0.39, 0.29) is 12.1 Å². The predicted molar refractivity (Wildman–Crippen MR) is 99.9 cm³/mol. The van der Waals surface area contributed by atoms with Crippen molar-refractivity contribution in [2.45, 2.75) is 45.7 Å². The molecule has 1 amide bonds. The predicted octanol–water partition coefficient (Wildman–Crippen LogP) is 3.01. The van der Waals surface area contributed by atoms with Crippen molar-refractivity contribution in [3.05, 3.63) is 36.0 Å². The SMILES string of the molecule is CCN1CCC(NC(=O)C(=O)c2cn(C(C)C)c3ccccc23)CC1. The van der Waals surface area contributed by atoms with Gasteiger partial charge in [0, 0.05) is 42.3 Å². The third-order valence-corrected chi connectivity index (χ3v) is 5.12. The number of piperidine rings is 1. The minimum absolute atomic E-state index is 0.0951. The molecule has 1 aliphatic heterocycles. The molecule has 0 atom stereocenters. The van der Waals surface area contributed by atoms with Gasteiger partial charge in [0.15, 0.2) is 0 Å². The number of ketones is 1. The molecule has 0 radical (unpaired) electrons. The molecule has 25 heavy (non-hydrogen) atoms. The molecule has 134 valence electrons. The Hall–Kier alpha value is -2.14. The highest BCUT2D eigenvalue weighted by molar-refractivity contribution is 6.45. The fourth-order valence-electron chi connectivity index (χ4n) is 3.58. The van der Waals surface area contributed by atoms with Gasteiger partial charge in [-0.1, -0.05) is 25.1 Å². The molecule has 1 fully saturated rings. The minimum Gasteiger partial charge on any atom is -0.346 e. The molecule has 1 aromatic heterocycles. The van der Waals surface area contributed by atoms with E-state index >= 15 is 0 Å². The van der Waals surface area contributed by atoms with Crippen molar-refractivity contribution in [1.82, 2.24) is 14.8 Å². The summed E-state index contributed by atoms with van der Waals surface area (Å²) >= 11 is 0. The first-order chi connectivity index (χ1) is 12.0. The summed E-state index contributed by atoms with van der Waals surface area (Å²) in [7, 11) is 0. The molecule has 1 aromatic carbocycles. The highest BCUT2D eigenvalue weighted by Gasteiger charge is 2.26. The van der Waals surface area contributed by atoms with Gasteiger partial charge in [0.1, 0.15) is 0 Å². The third-order valence-electron chi connectivity index (χ3n) is 5.12. The number of nitrogens with one attached hydrogen (secondary N) is 1. The van der Waals surface area contributed by atoms with Gasteiger partial charge >= 0.3 is 0 Å². The topological polar surface area (TPSA) is 54.3 Å². The molecule has 0 spiro atoms. The van der Waals surface area contributed by atoms with Crippen LogP contribution in [0.2, 0.25) is 0 Å². The van der Waals surface area contributed by atoms with Crippen molar-refractivity contribution < 1.29 is 9.59 Å². The first-order valence-corrected chi connectivity index (χ1v) is 9.18. The van der Waals surface area contributed by atoms with Crippen LogP contribution in [-0.4, -0.2) is 46.8 Å². The quantitative estimate of drug-likeness (QED) is 0.672. The molecule has 2 aromatic rings. The Morgan fingerprint density at radius 1 is 1.20 bits per heavy atom. The molecule has 1 saturated heterocycles. The number of fused-ring (bicyclic) bond motifs is 1. The van der Waals surface area contributed by atoms with E-state index in [1.165, 1.54) is 0 Å². The molecule has 1 aliphatic rings. The Balaban J connectivity index is 1.77. The lowest BCUT2D eigenvalue weighted by Crippen LogP contribution is -2.46. The number of carbonyl (C=O) groups excluding carboxylic acids is 2. The number of carbonyl (C=O) groups is 2. The summed E-state index contributed by atoms with van der Waals surface area (Å²) in [5.74, 6) is -0.921.